The van der Waals surface area contributed by atoms with Crippen molar-refractivity contribution in [2.24, 2.45) is 5.92 Å². The van der Waals surface area contributed by atoms with E-state index in [2.05, 4.69) is 10.1 Å². The van der Waals surface area contributed by atoms with Crippen LogP contribution in [0, 0.1) is 5.92 Å². The first-order valence-corrected chi connectivity index (χ1v) is 5.91. The summed E-state index contributed by atoms with van der Waals surface area (Å²) in [7, 11) is 0. The number of carbonyl (C=O) groups is 1. The number of ether oxygens (including phenoxy) is 1. The van der Waals surface area contributed by atoms with Crippen LogP contribution < -0.4 is 10.1 Å². The average Bonchev–Trinajstić information content (AvgIpc) is 2.29. The van der Waals surface area contributed by atoms with E-state index in [1.165, 1.54) is 24.3 Å². The van der Waals surface area contributed by atoms with Crippen molar-refractivity contribution in [3.8, 4) is 5.75 Å². The molecule has 4 nitrogen and oxygen atoms in total. The van der Waals surface area contributed by atoms with Crippen LogP contribution in [0.15, 0.2) is 24.3 Å². The summed E-state index contributed by atoms with van der Waals surface area (Å²) in [6.45, 7) is 1.59. The van der Waals surface area contributed by atoms with E-state index in [0.29, 0.717) is 18.0 Å². The molecule has 0 amide bonds. The Kier molecular flexibility index (Phi) is 5.69. The molecule has 2 N–H and O–H groups in total. The van der Waals surface area contributed by atoms with E-state index < -0.39 is 18.6 Å². The van der Waals surface area contributed by atoms with Crippen LogP contribution in [0.2, 0.25) is 0 Å². The number of benzene rings is 1. The van der Waals surface area contributed by atoms with Gasteiger partial charge in [0.1, 0.15) is 11.8 Å². The summed E-state index contributed by atoms with van der Waals surface area (Å²) >= 11 is 0. The van der Waals surface area contributed by atoms with Gasteiger partial charge >= 0.3 is 12.6 Å². The Morgan fingerprint density at radius 2 is 1.89 bits per heavy atom. The Morgan fingerprint density at radius 1 is 1.32 bits per heavy atom. The number of aliphatic carboxylic acids is 1. The van der Waals surface area contributed by atoms with Crippen molar-refractivity contribution in [3.63, 3.8) is 0 Å². The lowest BCUT2D eigenvalue weighted by Gasteiger charge is -2.16. The lowest BCUT2D eigenvalue weighted by molar-refractivity contribution is -0.139. The van der Waals surface area contributed by atoms with Crippen molar-refractivity contribution in [3.05, 3.63) is 29.8 Å². The normalized spacial score (nSPS) is 12.7. The van der Waals surface area contributed by atoms with Gasteiger partial charge in [0.25, 0.3) is 0 Å². The summed E-state index contributed by atoms with van der Waals surface area (Å²) in [5, 5.41) is 12.0. The summed E-state index contributed by atoms with van der Waals surface area (Å²) in [5.41, 5.74) is 0.495. The Morgan fingerprint density at radius 3 is 2.32 bits per heavy atom. The fourth-order valence-corrected chi connectivity index (χ4v) is 1.54. The predicted molar refractivity (Wildman–Crippen MR) is 66.3 cm³/mol. The molecule has 1 unspecified atom stereocenters. The van der Waals surface area contributed by atoms with Gasteiger partial charge in [-0.1, -0.05) is 26.0 Å². The molecule has 6 heteroatoms. The number of hydrogen-bond acceptors (Lipinski definition) is 3. The molecule has 0 aliphatic heterocycles. The topological polar surface area (TPSA) is 58.6 Å². The smallest absolute Gasteiger partial charge is 0.387 e. The van der Waals surface area contributed by atoms with Crippen molar-refractivity contribution in [1.82, 2.24) is 5.32 Å². The first-order valence-electron chi connectivity index (χ1n) is 5.91. The molecular weight excluding hydrogens is 256 g/mol. The molecule has 0 spiro atoms. The standard InChI is InChI=1S/C13H17F2NO3/c1-8(2)7-16-11(12(17)18)9-3-5-10(6-4-9)19-13(14)15/h3-6,8,11,13,16H,7H2,1-2H3,(H,17,18). The van der Waals surface area contributed by atoms with E-state index in [1.807, 2.05) is 13.8 Å². The largest absolute Gasteiger partial charge is 0.480 e. The second kappa shape index (κ2) is 7.04. The maximum atomic E-state index is 12.0. The monoisotopic (exact) mass is 273 g/mol. The van der Waals surface area contributed by atoms with Gasteiger partial charge in [0, 0.05) is 0 Å². The number of halogens is 2. The number of nitrogens with one attached hydrogen (secondary N) is 1. The van der Waals surface area contributed by atoms with E-state index in [1.54, 1.807) is 0 Å². The maximum Gasteiger partial charge on any atom is 0.387 e. The van der Waals surface area contributed by atoms with Crippen LogP contribution in [0.25, 0.3) is 0 Å². The first-order chi connectivity index (χ1) is 8.90. The van der Waals surface area contributed by atoms with Gasteiger partial charge in [0.15, 0.2) is 0 Å². The molecule has 1 aromatic rings. The molecule has 1 atom stereocenters. The van der Waals surface area contributed by atoms with Gasteiger partial charge in [-0.05, 0) is 30.2 Å². The van der Waals surface area contributed by atoms with Crippen LogP contribution >= 0.6 is 0 Å². The van der Waals surface area contributed by atoms with Gasteiger partial charge in [0.2, 0.25) is 0 Å². The van der Waals surface area contributed by atoms with E-state index in [9.17, 15) is 13.6 Å². The zero-order valence-electron chi connectivity index (χ0n) is 10.8. The third kappa shape index (κ3) is 5.21. The number of hydrogen-bond donors (Lipinski definition) is 2. The minimum absolute atomic E-state index is 0.00625. The van der Waals surface area contributed by atoms with Gasteiger partial charge < -0.3 is 15.2 Å². The average molecular weight is 273 g/mol. The predicted octanol–water partition coefficient (Wildman–Crippen LogP) is 2.66. The summed E-state index contributed by atoms with van der Waals surface area (Å²) in [4.78, 5) is 11.2. The van der Waals surface area contributed by atoms with E-state index >= 15 is 0 Å². The Bertz CT molecular complexity index is 407. The molecule has 106 valence electrons. The highest BCUT2D eigenvalue weighted by Gasteiger charge is 2.19. The molecule has 1 rings (SSSR count). The summed E-state index contributed by atoms with van der Waals surface area (Å²) in [6.07, 6.45) is 0. The minimum atomic E-state index is -2.89. The van der Waals surface area contributed by atoms with Crippen molar-refractivity contribution >= 4 is 5.97 Å². The van der Waals surface area contributed by atoms with Gasteiger partial charge in [-0.15, -0.1) is 0 Å². The van der Waals surface area contributed by atoms with Crippen LogP contribution in [0.1, 0.15) is 25.5 Å². The molecule has 0 aromatic heterocycles. The molecule has 0 aliphatic rings. The summed E-state index contributed by atoms with van der Waals surface area (Å²) < 4.78 is 28.2. The highest BCUT2D eigenvalue weighted by atomic mass is 19.3. The third-order valence-electron chi connectivity index (χ3n) is 2.42. The lowest BCUT2D eigenvalue weighted by Crippen LogP contribution is -2.31. The van der Waals surface area contributed by atoms with Crippen LogP contribution in [0.5, 0.6) is 5.75 Å². The van der Waals surface area contributed by atoms with Crippen molar-refractivity contribution in [2.75, 3.05) is 6.54 Å². The fraction of sp³-hybridized carbons (Fsp3) is 0.462. The highest BCUT2D eigenvalue weighted by molar-refractivity contribution is 5.75. The molecular formula is C13H17F2NO3. The Labute approximate surface area is 110 Å². The molecule has 0 radical (unpaired) electrons. The first kappa shape index (κ1) is 15.4. The SMILES string of the molecule is CC(C)CNC(C(=O)O)c1ccc(OC(F)F)cc1. The van der Waals surface area contributed by atoms with E-state index in [-0.39, 0.29) is 5.75 Å². The van der Waals surface area contributed by atoms with Crippen molar-refractivity contribution < 1.29 is 23.4 Å². The van der Waals surface area contributed by atoms with Crippen LogP contribution in [0.4, 0.5) is 8.78 Å². The zero-order chi connectivity index (χ0) is 14.4. The van der Waals surface area contributed by atoms with Crippen molar-refractivity contribution in [1.29, 1.82) is 0 Å². The van der Waals surface area contributed by atoms with Crippen LogP contribution in [-0.2, 0) is 4.79 Å². The molecule has 0 bridgehead atoms. The molecule has 0 saturated carbocycles. The van der Waals surface area contributed by atoms with Gasteiger partial charge in [0.05, 0.1) is 0 Å². The van der Waals surface area contributed by atoms with Crippen LogP contribution in [-0.4, -0.2) is 24.2 Å². The van der Waals surface area contributed by atoms with Crippen LogP contribution in [0.3, 0.4) is 0 Å². The summed E-state index contributed by atoms with van der Waals surface area (Å²) in [5.74, 6) is -0.696. The summed E-state index contributed by atoms with van der Waals surface area (Å²) in [6, 6.07) is 4.72. The minimum Gasteiger partial charge on any atom is -0.480 e. The van der Waals surface area contributed by atoms with E-state index in [4.69, 9.17) is 5.11 Å². The number of carboxylic acids is 1. The fourth-order valence-electron chi connectivity index (χ4n) is 1.54. The molecule has 19 heavy (non-hydrogen) atoms. The molecule has 0 heterocycles. The molecule has 0 aliphatic carbocycles. The molecule has 1 aromatic carbocycles. The van der Waals surface area contributed by atoms with Gasteiger partial charge in [-0.2, -0.15) is 8.78 Å². The Hall–Kier alpha value is -1.69. The second-order valence-electron chi connectivity index (χ2n) is 4.52. The number of rotatable bonds is 7. The zero-order valence-corrected chi connectivity index (χ0v) is 10.8. The van der Waals surface area contributed by atoms with E-state index in [0.717, 1.165) is 0 Å². The quantitative estimate of drug-likeness (QED) is 0.802. The second-order valence-corrected chi connectivity index (χ2v) is 4.52. The Balaban J connectivity index is 2.76. The number of alkyl halides is 2. The highest BCUT2D eigenvalue weighted by Crippen LogP contribution is 2.19. The molecule has 0 saturated heterocycles. The molecule has 0 fully saturated rings. The maximum absolute atomic E-state index is 12.0. The third-order valence-corrected chi connectivity index (χ3v) is 2.42. The van der Waals surface area contributed by atoms with Crippen molar-refractivity contribution in [2.45, 2.75) is 26.5 Å². The number of carboxylic acid groups (broad SMARTS) is 1. The van der Waals surface area contributed by atoms with Gasteiger partial charge in [-0.25, -0.2) is 0 Å². The van der Waals surface area contributed by atoms with Gasteiger partial charge in [-0.3, -0.25) is 4.79 Å². The lowest BCUT2D eigenvalue weighted by atomic mass is 10.1.